The monoisotopic (exact) mass is 361 g/mol. The first-order chi connectivity index (χ1) is 12.1. The molecule has 8 heteroatoms. The van der Waals surface area contributed by atoms with Crippen LogP contribution in [0, 0.1) is 18.6 Å². The number of aromatic nitrogens is 3. The van der Waals surface area contributed by atoms with Crippen molar-refractivity contribution < 1.29 is 8.78 Å². The number of fused-ring (bicyclic) bond motifs is 1. The van der Waals surface area contributed by atoms with Gasteiger partial charge in [-0.15, -0.1) is 0 Å². The van der Waals surface area contributed by atoms with Gasteiger partial charge >= 0.3 is 0 Å². The Morgan fingerprint density at radius 2 is 1.88 bits per heavy atom. The van der Waals surface area contributed by atoms with Crippen molar-refractivity contribution in [3.63, 3.8) is 0 Å². The topological polar surface area (TPSA) is 45.2 Å². The molecular weight excluding hydrogens is 344 g/mol. The van der Waals surface area contributed by atoms with E-state index in [9.17, 15) is 8.78 Å². The second-order valence-electron chi connectivity index (χ2n) is 6.07. The number of nitrogens with zero attached hydrogens (tertiary/aromatic N) is 5. The molecule has 25 heavy (non-hydrogen) atoms. The molecule has 0 amide bonds. The minimum atomic E-state index is -0.627. The molecule has 0 aliphatic carbocycles. The van der Waals surface area contributed by atoms with E-state index in [-0.39, 0.29) is 5.52 Å². The molecular formula is C17H17F2N5S. The van der Waals surface area contributed by atoms with E-state index in [0.717, 1.165) is 55.3 Å². The van der Waals surface area contributed by atoms with E-state index < -0.39 is 11.6 Å². The Morgan fingerprint density at radius 1 is 1.08 bits per heavy atom. The van der Waals surface area contributed by atoms with Gasteiger partial charge in [0.25, 0.3) is 0 Å². The lowest BCUT2D eigenvalue weighted by Gasteiger charge is -2.24. The Bertz CT molecular complexity index is 913. The molecule has 130 valence electrons. The average Bonchev–Trinajstić information content (AvgIpc) is 2.88. The van der Waals surface area contributed by atoms with Crippen molar-refractivity contribution in [1.82, 2.24) is 14.3 Å². The van der Waals surface area contributed by atoms with E-state index in [4.69, 9.17) is 0 Å². The number of anilines is 2. The van der Waals surface area contributed by atoms with Gasteiger partial charge in [0.15, 0.2) is 5.82 Å². The molecule has 0 bridgehead atoms. The Kier molecular flexibility index (Phi) is 4.20. The van der Waals surface area contributed by atoms with Crippen molar-refractivity contribution in [2.24, 2.45) is 0 Å². The third-order valence-corrected chi connectivity index (χ3v) is 5.23. The van der Waals surface area contributed by atoms with Crippen LogP contribution < -0.4 is 9.80 Å². The molecule has 3 heterocycles. The number of hydrogen-bond donors (Lipinski definition) is 0. The SMILES string of the molecule is Cc1nsc(N2CCCN(c3ccnc4c(F)cc(F)cc34)CC2)n1. The molecule has 0 saturated carbocycles. The van der Waals surface area contributed by atoms with Crippen LogP contribution in [0.4, 0.5) is 19.6 Å². The van der Waals surface area contributed by atoms with Gasteiger partial charge in [-0.3, -0.25) is 4.98 Å². The summed E-state index contributed by atoms with van der Waals surface area (Å²) in [5, 5.41) is 1.44. The normalized spacial score (nSPS) is 15.6. The summed E-state index contributed by atoms with van der Waals surface area (Å²) < 4.78 is 32.0. The fourth-order valence-corrected chi connectivity index (χ4v) is 3.93. The van der Waals surface area contributed by atoms with Crippen LogP contribution in [0.3, 0.4) is 0 Å². The van der Waals surface area contributed by atoms with E-state index in [0.29, 0.717) is 5.39 Å². The van der Waals surface area contributed by atoms with Crippen molar-refractivity contribution in [2.75, 3.05) is 36.0 Å². The fraction of sp³-hybridized carbons (Fsp3) is 0.353. The van der Waals surface area contributed by atoms with Gasteiger partial charge in [0.2, 0.25) is 5.13 Å². The predicted molar refractivity (Wildman–Crippen MR) is 95.3 cm³/mol. The van der Waals surface area contributed by atoms with E-state index in [1.807, 2.05) is 13.0 Å². The van der Waals surface area contributed by atoms with Crippen molar-refractivity contribution in [2.45, 2.75) is 13.3 Å². The highest BCUT2D eigenvalue weighted by Gasteiger charge is 2.20. The number of hydrogen-bond acceptors (Lipinski definition) is 6. The minimum absolute atomic E-state index is 0.208. The number of rotatable bonds is 2. The number of pyridine rings is 1. The van der Waals surface area contributed by atoms with E-state index in [1.54, 1.807) is 6.20 Å². The highest BCUT2D eigenvalue weighted by atomic mass is 32.1. The first kappa shape index (κ1) is 16.1. The number of benzene rings is 1. The first-order valence-corrected chi connectivity index (χ1v) is 8.93. The molecule has 1 aliphatic heterocycles. The fourth-order valence-electron chi connectivity index (χ4n) is 3.20. The molecule has 0 unspecified atom stereocenters. The van der Waals surface area contributed by atoms with Gasteiger partial charge in [0.05, 0.1) is 0 Å². The van der Waals surface area contributed by atoms with Crippen molar-refractivity contribution in [1.29, 1.82) is 0 Å². The van der Waals surface area contributed by atoms with Crippen LogP contribution >= 0.6 is 11.5 Å². The lowest BCUT2D eigenvalue weighted by Crippen LogP contribution is -2.30. The lowest BCUT2D eigenvalue weighted by atomic mass is 10.1. The van der Waals surface area contributed by atoms with E-state index >= 15 is 0 Å². The standard InChI is InChI=1S/C17H17F2N5S/c1-11-21-17(25-22-11)24-6-2-5-23(7-8-24)15-3-4-20-16-13(15)9-12(18)10-14(16)19/h3-4,9-10H,2,5-8H2,1H3. The molecule has 0 radical (unpaired) electrons. The van der Waals surface area contributed by atoms with Gasteiger partial charge in [-0.25, -0.2) is 13.8 Å². The van der Waals surface area contributed by atoms with Gasteiger partial charge in [-0.2, -0.15) is 4.37 Å². The van der Waals surface area contributed by atoms with Gasteiger partial charge in [0.1, 0.15) is 17.2 Å². The Labute approximate surface area is 148 Å². The summed E-state index contributed by atoms with van der Waals surface area (Å²) in [6.45, 7) is 5.12. The van der Waals surface area contributed by atoms with Gasteiger partial charge in [0, 0.05) is 61.0 Å². The van der Waals surface area contributed by atoms with Gasteiger partial charge < -0.3 is 9.80 Å². The van der Waals surface area contributed by atoms with Crippen LogP contribution in [0.2, 0.25) is 0 Å². The Balaban J connectivity index is 1.63. The van der Waals surface area contributed by atoms with E-state index in [2.05, 4.69) is 24.1 Å². The maximum Gasteiger partial charge on any atom is 0.205 e. The number of aryl methyl sites for hydroxylation is 1. The third kappa shape index (κ3) is 3.13. The van der Waals surface area contributed by atoms with Crippen LogP contribution in [0.15, 0.2) is 24.4 Å². The van der Waals surface area contributed by atoms with Crippen LogP contribution in [0.5, 0.6) is 0 Å². The zero-order valence-electron chi connectivity index (χ0n) is 13.7. The Morgan fingerprint density at radius 3 is 2.68 bits per heavy atom. The molecule has 0 N–H and O–H groups in total. The van der Waals surface area contributed by atoms with Gasteiger partial charge in [-0.05, 0) is 25.5 Å². The molecule has 5 nitrogen and oxygen atoms in total. The lowest BCUT2D eigenvalue weighted by molar-refractivity contribution is 0.590. The van der Waals surface area contributed by atoms with Crippen molar-refractivity contribution >= 4 is 33.3 Å². The summed E-state index contributed by atoms with van der Waals surface area (Å²) in [6, 6.07) is 4.06. The second kappa shape index (κ2) is 6.51. The highest BCUT2D eigenvalue weighted by Crippen LogP contribution is 2.29. The van der Waals surface area contributed by atoms with Crippen LogP contribution in [0.25, 0.3) is 10.9 Å². The zero-order chi connectivity index (χ0) is 17.4. The maximum atomic E-state index is 14.0. The molecule has 1 aliphatic rings. The molecule has 0 spiro atoms. The second-order valence-corrected chi connectivity index (χ2v) is 6.80. The molecule has 3 aromatic rings. The van der Waals surface area contributed by atoms with Gasteiger partial charge in [-0.1, -0.05) is 0 Å². The van der Waals surface area contributed by atoms with Crippen molar-refractivity contribution in [3.8, 4) is 0 Å². The van der Waals surface area contributed by atoms with Crippen LogP contribution in [0.1, 0.15) is 12.2 Å². The van der Waals surface area contributed by atoms with Crippen molar-refractivity contribution in [3.05, 3.63) is 41.9 Å². The minimum Gasteiger partial charge on any atom is -0.369 e. The van der Waals surface area contributed by atoms with Crippen LogP contribution in [-0.4, -0.2) is 40.5 Å². The third-order valence-electron chi connectivity index (χ3n) is 4.36. The summed E-state index contributed by atoms with van der Waals surface area (Å²) in [7, 11) is 0. The summed E-state index contributed by atoms with van der Waals surface area (Å²) in [4.78, 5) is 12.9. The summed E-state index contributed by atoms with van der Waals surface area (Å²) in [5.41, 5.74) is 1.03. The average molecular weight is 361 g/mol. The largest absolute Gasteiger partial charge is 0.369 e. The molecule has 1 fully saturated rings. The molecule has 1 saturated heterocycles. The first-order valence-electron chi connectivity index (χ1n) is 8.16. The maximum absolute atomic E-state index is 14.0. The zero-order valence-corrected chi connectivity index (χ0v) is 14.6. The summed E-state index contributed by atoms with van der Waals surface area (Å²) in [5.74, 6) is -0.426. The van der Waals surface area contributed by atoms with Crippen LogP contribution in [-0.2, 0) is 0 Å². The molecule has 4 rings (SSSR count). The van der Waals surface area contributed by atoms with E-state index in [1.165, 1.54) is 17.6 Å². The smallest absolute Gasteiger partial charge is 0.205 e. The number of halogens is 2. The predicted octanol–water partition coefficient (Wildman–Crippen LogP) is 3.39. The molecule has 1 aromatic carbocycles. The highest BCUT2D eigenvalue weighted by molar-refractivity contribution is 7.09. The molecule has 2 aromatic heterocycles. The summed E-state index contributed by atoms with van der Waals surface area (Å²) in [6.07, 6.45) is 2.51. The summed E-state index contributed by atoms with van der Waals surface area (Å²) >= 11 is 1.41. The molecule has 0 atom stereocenters. The quantitative estimate of drug-likeness (QED) is 0.700. The Hall–Kier alpha value is -2.35.